The van der Waals surface area contributed by atoms with Crippen molar-refractivity contribution in [2.45, 2.75) is 12.6 Å². The summed E-state index contributed by atoms with van der Waals surface area (Å²) in [4.78, 5) is 2.35. The van der Waals surface area contributed by atoms with Crippen molar-refractivity contribution >= 4 is 5.69 Å². The molecule has 0 amide bonds. The minimum Gasteiger partial charge on any atom is -0.394 e. The van der Waals surface area contributed by atoms with Gasteiger partial charge in [0.1, 0.15) is 0 Å². The first-order valence-corrected chi connectivity index (χ1v) is 8.17. The lowest BCUT2D eigenvalue weighted by Crippen LogP contribution is -2.36. The summed E-state index contributed by atoms with van der Waals surface area (Å²) in [6, 6.07) is 18.7. The summed E-state index contributed by atoms with van der Waals surface area (Å²) in [6.45, 7) is 4.35. The van der Waals surface area contributed by atoms with Crippen LogP contribution in [0.15, 0.2) is 54.6 Å². The third-order valence-electron chi connectivity index (χ3n) is 4.25. The minimum atomic E-state index is -0.0323. The summed E-state index contributed by atoms with van der Waals surface area (Å²) in [5.41, 5.74) is 3.58. The van der Waals surface area contributed by atoms with E-state index in [1.807, 2.05) is 30.3 Å². The molecule has 4 nitrogen and oxygen atoms in total. The van der Waals surface area contributed by atoms with Crippen LogP contribution in [0.5, 0.6) is 0 Å². The van der Waals surface area contributed by atoms with Crippen LogP contribution in [0, 0.1) is 0 Å². The number of rotatable bonds is 6. The standard InChI is InChI=1S/C19H24N2O2/c22-15-19(17-4-2-1-3-5-17)20-14-16-6-8-18(9-7-16)21-10-12-23-13-11-21/h1-9,19-20,22H,10-15H2. The van der Waals surface area contributed by atoms with E-state index in [2.05, 4.69) is 34.5 Å². The monoisotopic (exact) mass is 312 g/mol. The van der Waals surface area contributed by atoms with E-state index in [9.17, 15) is 5.11 Å². The van der Waals surface area contributed by atoms with Gasteiger partial charge in [-0.2, -0.15) is 0 Å². The van der Waals surface area contributed by atoms with Crippen LogP contribution < -0.4 is 10.2 Å². The number of hydrogen-bond acceptors (Lipinski definition) is 4. The van der Waals surface area contributed by atoms with Crippen LogP contribution in [0.25, 0.3) is 0 Å². The molecular weight excluding hydrogens is 288 g/mol. The topological polar surface area (TPSA) is 44.7 Å². The fourth-order valence-electron chi connectivity index (χ4n) is 2.86. The van der Waals surface area contributed by atoms with Crippen LogP contribution in [0.3, 0.4) is 0 Å². The fraction of sp³-hybridized carbons (Fsp3) is 0.368. The van der Waals surface area contributed by atoms with E-state index in [4.69, 9.17) is 4.74 Å². The number of aliphatic hydroxyl groups is 1. The van der Waals surface area contributed by atoms with Crippen molar-refractivity contribution in [3.05, 3.63) is 65.7 Å². The molecule has 0 saturated carbocycles. The normalized spacial score (nSPS) is 16.3. The number of aliphatic hydroxyl groups excluding tert-OH is 1. The predicted octanol–water partition coefficient (Wildman–Crippen LogP) is 2.35. The van der Waals surface area contributed by atoms with Gasteiger partial charge in [0.15, 0.2) is 0 Å². The van der Waals surface area contributed by atoms with Gasteiger partial charge in [-0.3, -0.25) is 0 Å². The third kappa shape index (κ3) is 4.32. The number of hydrogen-bond donors (Lipinski definition) is 2. The molecule has 1 heterocycles. The molecule has 2 aromatic carbocycles. The molecule has 1 atom stereocenters. The van der Waals surface area contributed by atoms with Crippen LogP contribution in [-0.2, 0) is 11.3 Å². The first-order chi connectivity index (χ1) is 11.4. The molecule has 122 valence electrons. The maximum atomic E-state index is 9.59. The molecule has 0 bridgehead atoms. The number of nitrogens with one attached hydrogen (secondary N) is 1. The molecule has 1 aliphatic rings. The highest BCUT2D eigenvalue weighted by atomic mass is 16.5. The van der Waals surface area contributed by atoms with Gasteiger partial charge in [0.25, 0.3) is 0 Å². The van der Waals surface area contributed by atoms with Crippen molar-refractivity contribution in [2.75, 3.05) is 37.8 Å². The molecule has 1 aliphatic heterocycles. The largest absolute Gasteiger partial charge is 0.394 e. The number of anilines is 1. The second-order valence-electron chi connectivity index (χ2n) is 5.79. The number of ether oxygens (including phenoxy) is 1. The van der Waals surface area contributed by atoms with Gasteiger partial charge in [0.2, 0.25) is 0 Å². The molecule has 0 spiro atoms. The molecule has 23 heavy (non-hydrogen) atoms. The Bertz CT molecular complexity index is 580. The molecule has 0 radical (unpaired) electrons. The molecule has 0 aliphatic carbocycles. The van der Waals surface area contributed by atoms with Crippen LogP contribution in [0.1, 0.15) is 17.2 Å². The summed E-state index contributed by atoms with van der Waals surface area (Å²) in [7, 11) is 0. The molecular formula is C19H24N2O2. The highest BCUT2D eigenvalue weighted by Gasteiger charge is 2.12. The zero-order valence-electron chi connectivity index (χ0n) is 13.3. The molecule has 3 rings (SSSR count). The Morgan fingerprint density at radius 2 is 1.70 bits per heavy atom. The molecule has 2 N–H and O–H groups in total. The number of benzene rings is 2. The number of nitrogens with zero attached hydrogens (tertiary/aromatic N) is 1. The molecule has 0 aromatic heterocycles. The van der Waals surface area contributed by atoms with Crippen molar-refractivity contribution in [1.82, 2.24) is 5.32 Å². The first kappa shape index (κ1) is 16.0. The first-order valence-electron chi connectivity index (χ1n) is 8.17. The van der Waals surface area contributed by atoms with Crippen LogP contribution >= 0.6 is 0 Å². The van der Waals surface area contributed by atoms with E-state index in [1.54, 1.807) is 0 Å². The highest BCUT2D eigenvalue weighted by Crippen LogP contribution is 2.18. The SMILES string of the molecule is OCC(NCc1ccc(N2CCOCC2)cc1)c1ccccc1. The smallest absolute Gasteiger partial charge is 0.0642 e. The lowest BCUT2D eigenvalue weighted by molar-refractivity contribution is 0.122. The van der Waals surface area contributed by atoms with Crippen molar-refractivity contribution in [3.8, 4) is 0 Å². The Kier molecular flexibility index (Phi) is 5.64. The average Bonchev–Trinajstić information content (AvgIpc) is 2.64. The molecule has 4 heteroatoms. The van der Waals surface area contributed by atoms with Gasteiger partial charge < -0.3 is 20.1 Å². The number of morpholine rings is 1. The molecule has 1 unspecified atom stereocenters. The van der Waals surface area contributed by atoms with E-state index in [1.165, 1.54) is 11.3 Å². The van der Waals surface area contributed by atoms with Gasteiger partial charge in [0, 0.05) is 25.3 Å². The Labute approximate surface area is 137 Å². The van der Waals surface area contributed by atoms with Crippen molar-refractivity contribution in [3.63, 3.8) is 0 Å². The molecule has 1 saturated heterocycles. The Balaban J connectivity index is 1.57. The van der Waals surface area contributed by atoms with Crippen LogP contribution in [0.4, 0.5) is 5.69 Å². The summed E-state index contributed by atoms with van der Waals surface area (Å²) < 4.78 is 5.39. The lowest BCUT2D eigenvalue weighted by atomic mass is 10.1. The summed E-state index contributed by atoms with van der Waals surface area (Å²) >= 11 is 0. The quantitative estimate of drug-likeness (QED) is 0.859. The van der Waals surface area contributed by atoms with Crippen LogP contribution in [-0.4, -0.2) is 38.0 Å². The van der Waals surface area contributed by atoms with Gasteiger partial charge >= 0.3 is 0 Å². The van der Waals surface area contributed by atoms with Crippen LogP contribution in [0.2, 0.25) is 0 Å². The summed E-state index contributed by atoms with van der Waals surface area (Å²) in [5.74, 6) is 0. The van der Waals surface area contributed by atoms with Crippen molar-refractivity contribution in [1.29, 1.82) is 0 Å². The van der Waals surface area contributed by atoms with Gasteiger partial charge in [0.05, 0.1) is 25.9 Å². The Morgan fingerprint density at radius 1 is 1.00 bits per heavy atom. The Hall–Kier alpha value is -1.88. The highest BCUT2D eigenvalue weighted by molar-refractivity contribution is 5.47. The maximum absolute atomic E-state index is 9.59. The van der Waals surface area contributed by atoms with E-state index in [-0.39, 0.29) is 12.6 Å². The maximum Gasteiger partial charge on any atom is 0.0642 e. The Morgan fingerprint density at radius 3 is 2.35 bits per heavy atom. The summed E-state index contributed by atoms with van der Waals surface area (Å²) in [5, 5.41) is 13.0. The zero-order chi connectivity index (χ0) is 15.9. The lowest BCUT2D eigenvalue weighted by Gasteiger charge is -2.29. The van der Waals surface area contributed by atoms with Gasteiger partial charge in [-0.15, -0.1) is 0 Å². The van der Waals surface area contributed by atoms with E-state index in [0.717, 1.165) is 38.4 Å². The van der Waals surface area contributed by atoms with E-state index in [0.29, 0.717) is 0 Å². The van der Waals surface area contributed by atoms with Crippen molar-refractivity contribution in [2.24, 2.45) is 0 Å². The van der Waals surface area contributed by atoms with E-state index >= 15 is 0 Å². The fourth-order valence-corrected chi connectivity index (χ4v) is 2.86. The zero-order valence-corrected chi connectivity index (χ0v) is 13.3. The minimum absolute atomic E-state index is 0.0323. The van der Waals surface area contributed by atoms with E-state index < -0.39 is 0 Å². The molecule has 1 fully saturated rings. The van der Waals surface area contributed by atoms with Gasteiger partial charge in [-0.1, -0.05) is 42.5 Å². The third-order valence-corrected chi connectivity index (χ3v) is 4.25. The second kappa shape index (κ2) is 8.11. The summed E-state index contributed by atoms with van der Waals surface area (Å²) in [6.07, 6.45) is 0. The van der Waals surface area contributed by atoms with Gasteiger partial charge in [-0.05, 0) is 23.3 Å². The average molecular weight is 312 g/mol. The van der Waals surface area contributed by atoms with Crippen molar-refractivity contribution < 1.29 is 9.84 Å². The predicted molar refractivity (Wildman–Crippen MR) is 92.6 cm³/mol. The molecule has 2 aromatic rings. The van der Waals surface area contributed by atoms with Gasteiger partial charge in [-0.25, -0.2) is 0 Å². The second-order valence-corrected chi connectivity index (χ2v) is 5.79.